The average Bonchev–Trinajstić information content (AvgIpc) is 2.66. The van der Waals surface area contributed by atoms with Gasteiger partial charge in [-0.15, -0.1) is 0 Å². The van der Waals surface area contributed by atoms with Crippen LogP contribution in [0.1, 0.15) is 19.4 Å². The minimum absolute atomic E-state index is 0.0756. The number of hydrogen-bond acceptors (Lipinski definition) is 4. The second-order valence-corrected chi connectivity index (χ2v) is 7.92. The highest BCUT2D eigenvalue weighted by Gasteiger charge is 2.45. The van der Waals surface area contributed by atoms with E-state index in [4.69, 9.17) is 0 Å². The van der Waals surface area contributed by atoms with Gasteiger partial charge in [0.1, 0.15) is 5.82 Å². The van der Waals surface area contributed by atoms with Gasteiger partial charge in [0.15, 0.2) is 9.84 Å². The van der Waals surface area contributed by atoms with E-state index in [1.54, 1.807) is 23.2 Å². The van der Waals surface area contributed by atoms with Crippen molar-refractivity contribution in [1.82, 2.24) is 4.98 Å². The quantitative estimate of drug-likeness (QED) is 0.853. The van der Waals surface area contributed by atoms with Crippen molar-refractivity contribution in [3.8, 4) is 0 Å². The van der Waals surface area contributed by atoms with Crippen molar-refractivity contribution in [3.63, 3.8) is 0 Å². The molecule has 0 bridgehead atoms. The third kappa shape index (κ3) is 2.11. The highest BCUT2D eigenvalue weighted by atomic mass is 32.2. The number of amides is 1. The van der Waals surface area contributed by atoms with Crippen LogP contribution in [0.3, 0.4) is 0 Å². The Bertz CT molecular complexity index is 855. The minimum Gasteiger partial charge on any atom is -0.273 e. The molecule has 1 aliphatic rings. The van der Waals surface area contributed by atoms with Gasteiger partial charge in [0.25, 0.3) is 0 Å². The van der Waals surface area contributed by atoms with Crippen molar-refractivity contribution >= 4 is 27.2 Å². The first-order valence-corrected chi connectivity index (χ1v) is 8.72. The summed E-state index contributed by atoms with van der Waals surface area (Å²) in [5.74, 6) is 0.526. The smallest absolute Gasteiger partial charge is 0.242 e. The Labute approximate surface area is 129 Å². The third-order valence-electron chi connectivity index (χ3n) is 3.93. The lowest BCUT2D eigenvalue weighted by Gasteiger charge is -2.20. The standard InChI is InChI=1S/C16H16N2O3S/c1-16(2)13-5-4-10-17-14(13)18(15(16)19)11-6-8-12(9-7-11)22(3,20)21/h4-10H,1-3H3. The van der Waals surface area contributed by atoms with Crippen LogP contribution in [0.15, 0.2) is 47.5 Å². The zero-order valence-electron chi connectivity index (χ0n) is 12.6. The molecule has 2 aromatic rings. The first-order valence-electron chi connectivity index (χ1n) is 6.83. The molecule has 1 aliphatic heterocycles. The Hall–Kier alpha value is -2.21. The molecule has 1 aromatic heterocycles. The van der Waals surface area contributed by atoms with Crippen molar-refractivity contribution in [3.05, 3.63) is 48.2 Å². The van der Waals surface area contributed by atoms with E-state index in [-0.39, 0.29) is 10.8 Å². The van der Waals surface area contributed by atoms with Crippen molar-refractivity contribution in [1.29, 1.82) is 0 Å². The van der Waals surface area contributed by atoms with Gasteiger partial charge >= 0.3 is 0 Å². The second-order valence-electron chi connectivity index (χ2n) is 5.91. The van der Waals surface area contributed by atoms with E-state index in [2.05, 4.69) is 4.98 Å². The minimum atomic E-state index is -3.26. The summed E-state index contributed by atoms with van der Waals surface area (Å²) >= 11 is 0. The fourth-order valence-electron chi connectivity index (χ4n) is 2.64. The number of carbonyl (C=O) groups is 1. The topological polar surface area (TPSA) is 67.3 Å². The summed E-state index contributed by atoms with van der Waals surface area (Å²) in [4.78, 5) is 18.8. The Kier molecular flexibility index (Phi) is 3.11. The summed E-state index contributed by atoms with van der Waals surface area (Å²) in [5.41, 5.74) is 0.828. The number of fused-ring (bicyclic) bond motifs is 1. The Morgan fingerprint density at radius 1 is 1.09 bits per heavy atom. The summed E-state index contributed by atoms with van der Waals surface area (Å²) in [6.45, 7) is 3.72. The molecular formula is C16H16N2O3S. The lowest BCUT2D eigenvalue weighted by molar-refractivity contribution is -0.121. The summed E-state index contributed by atoms with van der Waals surface area (Å²) in [5, 5.41) is 0. The summed E-state index contributed by atoms with van der Waals surface area (Å²) in [7, 11) is -3.26. The first kappa shape index (κ1) is 14.7. The van der Waals surface area contributed by atoms with Crippen LogP contribution >= 0.6 is 0 Å². The van der Waals surface area contributed by atoms with Gasteiger partial charge in [-0.25, -0.2) is 13.4 Å². The van der Waals surface area contributed by atoms with Crippen molar-refractivity contribution < 1.29 is 13.2 Å². The van der Waals surface area contributed by atoms with Gasteiger partial charge in [-0.2, -0.15) is 0 Å². The van der Waals surface area contributed by atoms with Crippen LogP contribution in [0.25, 0.3) is 0 Å². The third-order valence-corrected chi connectivity index (χ3v) is 5.06. The van der Waals surface area contributed by atoms with E-state index in [9.17, 15) is 13.2 Å². The molecule has 1 amide bonds. The largest absolute Gasteiger partial charge is 0.273 e. The van der Waals surface area contributed by atoms with Crippen LogP contribution in [-0.4, -0.2) is 25.6 Å². The van der Waals surface area contributed by atoms with E-state index in [1.807, 2.05) is 26.0 Å². The first-order chi connectivity index (χ1) is 10.2. The number of anilines is 2. The average molecular weight is 316 g/mol. The van der Waals surface area contributed by atoms with Gasteiger partial charge in [0, 0.05) is 18.0 Å². The molecule has 22 heavy (non-hydrogen) atoms. The molecule has 0 atom stereocenters. The second kappa shape index (κ2) is 4.64. The predicted molar refractivity (Wildman–Crippen MR) is 84.0 cm³/mol. The SMILES string of the molecule is CC1(C)C(=O)N(c2ccc(S(C)(=O)=O)cc2)c2ncccc21. The molecule has 2 heterocycles. The summed E-state index contributed by atoms with van der Waals surface area (Å²) < 4.78 is 23.1. The zero-order chi connectivity index (χ0) is 16.1. The van der Waals surface area contributed by atoms with Gasteiger partial charge in [0.05, 0.1) is 16.0 Å². The molecule has 0 unspecified atom stereocenters. The fourth-order valence-corrected chi connectivity index (χ4v) is 3.27. The number of nitrogens with zero attached hydrogens (tertiary/aromatic N) is 2. The van der Waals surface area contributed by atoms with Gasteiger partial charge in [0.2, 0.25) is 5.91 Å². The van der Waals surface area contributed by atoms with E-state index in [1.165, 1.54) is 12.1 Å². The molecule has 5 nitrogen and oxygen atoms in total. The van der Waals surface area contributed by atoms with E-state index < -0.39 is 15.3 Å². The van der Waals surface area contributed by atoms with Crippen molar-refractivity contribution in [2.45, 2.75) is 24.2 Å². The van der Waals surface area contributed by atoms with Gasteiger partial charge < -0.3 is 0 Å². The van der Waals surface area contributed by atoms with Crippen LogP contribution in [0.2, 0.25) is 0 Å². The van der Waals surface area contributed by atoms with Crippen molar-refractivity contribution in [2.75, 3.05) is 11.2 Å². The zero-order valence-corrected chi connectivity index (χ0v) is 13.4. The maximum absolute atomic E-state index is 12.7. The van der Waals surface area contributed by atoms with E-state index in [0.717, 1.165) is 11.8 Å². The summed E-state index contributed by atoms with van der Waals surface area (Å²) in [6, 6.07) is 9.98. The molecular weight excluding hydrogens is 300 g/mol. The van der Waals surface area contributed by atoms with Gasteiger partial charge in [-0.1, -0.05) is 6.07 Å². The number of hydrogen-bond donors (Lipinski definition) is 0. The highest BCUT2D eigenvalue weighted by Crippen LogP contribution is 2.43. The summed E-state index contributed by atoms with van der Waals surface area (Å²) in [6.07, 6.45) is 2.80. The number of rotatable bonds is 2. The number of aromatic nitrogens is 1. The molecule has 114 valence electrons. The number of carbonyl (C=O) groups excluding carboxylic acids is 1. The molecule has 3 rings (SSSR count). The van der Waals surface area contributed by atoms with Gasteiger partial charge in [-0.3, -0.25) is 9.69 Å². The molecule has 0 radical (unpaired) electrons. The monoisotopic (exact) mass is 316 g/mol. The highest BCUT2D eigenvalue weighted by molar-refractivity contribution is 7.90. The maximum atomic E-state index is 12.7. The number of benzene rings is 1. The fraction of sp³-hybridized carbons (Fsp3) is 0.250. The lowest BCUT2D eigenvalue weighted by Crippen LogP contribution is -2.33. The molecule has 0 N–H and O–H groups in total. The molecule has 0 fully saturated rings. The van der Waals surface area contributed by atoms with Crippen LogP contribution < -0.4 is 4.90 Å². The van der Waals surface area contributed by atoms with Crippen LogP contribution in [0.5, 0.6) is 0 Å². The molecule has 0 saturated heterocycles. The number of pyridine rings is 1. The van der Waals surface area contributed by atoms with E-state index >= 15 is 0 Å². The maximum Gasteiger partial charge on any atom is 0.242 e. The Morgan fingerprint density at radius 3 is 2.32 bits per heavy atom. The Morgan fingerprint density at radius 2 is 1.73 bits per heavy atom. The lowest BCUT2D eigenvalue weighted by atomic mass is 9.87. The molecule has 0 spiro atoms. The van der Waals surface area contributed by atoms with Crippen LogP contribution in [0, 0.1) is 0 Å². The molecule has 6 heteroatoms. The molecule has 1 aromatic carbocycles. The van der Waals surface area contributed by atoms with E-state index in [0.29, 0.717) is 11.5 Å². The van der Waals surface area contributed by atoms with Gasteiger partial charge in [-0.05, 0) is 44.2 Å². The number of sulfone groups is 1. The van der Waals surface area contributed by atoms with Crippen LogP contribution in [0.4, 0.5) is 11.5 Å². The molecule has 0 aliphatic carbocycles. The predicted octanol–water partition coefficient (Wildman–Crippen LogP) is 2.44. The normalized spacial score (nSPS) is 16.7. The molecule has 0 saturated carbocycles. The van der Waals surface area contributed by atoms with Crippen molar-refractivity contribution in [2.24, 2.45) is 0 Å². The van der Waals surface area contributed by atoms with Crippen LogP contribution in [-0.2, 0) is 20.0 Å². The Balaban J connectivity index is 2.11.